The first-order chi connectivity index (χ1) is 13.4. The third kappa shape index (κ3) is 3.63. The van der Waals surface area contributed by atoms with Crippen molar-refractivity contribution in [2.24, 2.45) is 4.99 Å². The van der Waals surface area contributed by atoms with Gasteiger partial charge in [0.05, 0.1) is 0 Å². The second-order valence-corrected chi connectivity index (χ2v) is 8.02. The van der Waals surface area contributed by atoms with Crippen LogP contribution in [0.5, 0.6) is 0 Å². The van der Waals surface area contributed by atoms with E-state index >= 15 is 0 Å². The second-order valence-electron chi connectivity index (χ2n) is 8.02. The standard InChI is InChI=1S/C24H24N2O2/c1-24(2)15-20-18-11-7-6-10-17(18)12-13-19(20)22(26-24)25-21(23(27)28)14-16-8-4-3-5-9-16/h3-13,21H,14-15H2,1-2H3,(H,25,26)(H,27,28). The molecule has 0 fully saturated rings. The van der Waals surface area contributed by atoms with E-state index in [4.69, 9.17) is 0 Å². The maximum atomic E-state index is 11.9. The molecule has 1 unspecified atom stereocenters. The number of benzene rings is 3. The maximum Gasteiger partial charge on any atom is 0.328 e. The van der Waals surface area contributed by atoms with Crippen molar-refractivity contribution in [1.29, 1.82) is 0 Å². The Bertz CT molecular complexity index is 1050. The minimum atomic E-state index is -0.913. The number of hydrogen-bond acceptors (Lipinski definition) is 2. The molecule has 1 aliphatic rings. The SMILES string of the molecule is CC1(C)Cc2c(ccc3ccccc23)C(=NC(Cc2ccccc2)C(=O)O)N1. The van der Waals surface area contributed by atoms with Crippen LogP contribution in [0, 0.1) is 0 Å². The van der Waals surface area contributed by atoms with E-state index in [1.165, 1.54) is 16.3 Å². The fourth-order valence-electron chi connectivity index (χ4n) is 3.91. The highest BCUT2D eigenvalue weighted by Gasteiger charge is 2.31. The highest BCUT2D eigenvalue weighted by Crippen LogP contribution is 2.30. The van der Waals surface area contributed by atoms with Gasteiger partial charge in [0.25, 0.3) is 0 Å². The number of nitrogens with zero attached hydrogens (tertiary/aromatic N) is 1. The van der Waals surface area contributed by atoms with Crippen molar-refractivity contribution in [2.45, 2.75) is 38.3 Å². The van der Waals surface area contributed by atoms with Gasteiger partial charge in [-0.3, -0.25) is 4.99 Å². The molecule has 2 N–H and O–H groups in total. The summed E-state index contributed by atoms with van der Waals surface area (Å²) in [6.07, 6.45) is 1.23. The monoisotopic (exact) mass is 372 g/mol. The molecule has 0 saturated heterocycles. The summed E-state index contributed by atoms with van der Waals surface area (Å²) in [5.74, 6) is -0.246. The summed E-state index contributed by atoms with van der Waals surface area (Å²) < 4.78 is 0. The molecule has 0 spiro atoms. The van der Waals surface area contributed by atoms with Crippen molar-refractivity contribution < 1.29 is 9.90 Å². The van der Waals surface area contributed by atoms with E-state index in [0.717, 1.165) is 17.5 Å². The van der Waals surface area contributed by atoms with Gasteiger partial charge in [0.15, 0.2) is 6.04 Å². The number of amidine groups is 1. The van der Waals surface area contributed by atoms with Crippen LogP contribution in [0.2, 0.25) is 0 Å². The molecule has 4 nitrogen and oxygen atoms in total. The molecular weight excluding hydrogens is 348 g/mol. The molecule has 0 bridgehead atoms. The Hall–Kier alpha value is -3.14. The molecule has 0 amide bonds. The van der Waals surface area contributed by atoms with Crippen molar-refractivity contribution >= 4 is 22.6 Å². The first-order valence-corrected chi connectivity index (χ1v) is 9.57. The van der Waals surface area contributed by atoms with E-state index in [2.05, 4.69) is 48.4 Å². The largest absolute Gasteiger partial charge is 0.480 e. The average molecular weight is 372 g/mol. The van der Waals surface area contributed by atoms with Gasteiger partial charge in [-0.2, -0.15) is 0 Å². The Morgan fingerprint density at radius 3 is 2.54 bits per heavy atom. The summed E-state index contributed by atoms with van der Waals surface area (Å²) in [6.45, 7) is 4.25. The van der Waals surface area contributed by atoms with Crippen molar-refractivity contribution in [3.63, 3.8) is 0 Å². The Morgan fingerprint density at radius 2 is 1.79 bits per heavy atom. The maximum absolute atomic E-state index is 11.9. The summed E-state index contributed by atoms with van der Waals surface area (Å²) in [7, 11) is 0. The summed E-state index contributed by atoms with van der Waals surface area (Å²) in [5.41, 5.74) is 2.99. The highest BCUT2D eigenvalue weighted by atomic mass is 16.4. The molecule has 3 aromatic carbocycles. The number of aliphatic carboxylic acids is 1. The molecule has 4 rings (SSSR count). The van der Waals surface area contributed by atoms with Crippen molar-refractivity contribution in [3.05, 3.63) is 83.4 Å². The van der Waals surface area contributed by atoms with Crippen molar-refractivity contribution in [2.75, 3.05) is 0 Å². The Labute approximate surface area is 164 Å². The number of aliphatic imine (C=N–C) groups is 1. The van der Waals surface area contributed by atoms with Gasteiger partial charge >= 0.3 is 5.97 Å². The van der Waals surface area contributed by atoms with Gasteiger partial charge in [-0.1, -0.05) is 66.7 Å². The quantitative estimate of drug-likeness (QED) is 0.721. The van der Waals surface area contributed by atoms with E-state index in [1.807, 2.05) is 42.5 Å². The first kappa shape index (κ1) is 18.2. The van der Waals surface area contributed by atoms with E-state index in [1.54, 1.807) is 0 Å². The van der Waals surface area contributed by atoms with E-state index < -0.39 is 12.0 Å². The van der Waals surface area contributed by atoms with Gasteiger partial charge in [-0.15, -0.1) is 0 Å². The molecule has 1 atom stereocenters. The van der Waals surface area contributed by atoms with Crippen LogP contribution in [0.25, 0.3) is 10.8 Å². The van der Waals surface area contributed by atoms with Gasteiger partial charge in [-0.25, -0.2) is 4.79 Å². The first-order valence-electron chi connectivity index (χ1n) is 9.57. The lowest BCUT2D eigenvalue weighted by Crippen LogP contribution is -2.50. The average Bonchev–Trinajstić information content (AvgIpc) is 2.67. The van der Waals surface area contributed by atoms with E-state index in [0.29, 0.717) is 12.3 Å². The molecule has 4 heteroatoms. The molecule has 0 aromatic heterocycles. The van der Waals surface area contributed by atoms with Crippen LogP contribution < -0.4 is 5.32 Å². The van der Waals surface area contributed by atoms with Crippen molar-refractivity contribution in [1.82, 2.24) is 5.32 Å². The molecule has 1 heterocycles. The van der Waals surface area contributed by atoms with Crippen LogP contribution >= 0.6 is 0 Å². The molecule has 28 heavy (non-hydrogen) atoms. The lowest BCUT2D eigenvalue weighted by molar-refractivity contribution is -0.138. The molecule has 0 radical (unpaired) electrons. The number of fused-ring (bicyclic) bond motifs is 3. The van der Waals surface area contributed by atoms with Gasteiger partial charge in [0.1, 0.15) is 5.84 Å². The third-order valence-corrected chi connectivity index (χ3v) is 5.21. The van der Waals surface area contributed by atoms with E-state index in [-0.39, 0.29) is 5.54 Å². The fraction of sp³-hybridized carbons (Fsp3) is 0.250. The normalized spacial score (nSPS) is 17.7. The summed E-state index contributed by atoms with van der Waals surface area (Å²) in [5, 5.41) is 15.6. The Morgan fingerprint density at radius 1 is 1.07 bits per heavy atom. The van der Waals surface area contributed by atoms with Crippen LogP contribution in [0.15, 0.2) is 71.7 Å². The zero-order chi connectivity index (χ0) is 19.7. The number of carboxylic acids is 1. The molecule has 3 aromatic rings. The fourth-order valence-corrected chi connectivity index (χ4v) is 3.91. The minimum absolute atomic E-state index is 0.203. The predicted octanol–water partition coefficient (Wildman–Crippen LogP) is 4.21. The molecule has 1 aliphatic heterocycles. The van der Waals surface area contributed by atoms with Crippen LogP contribution in [-0.4, -0.2) is 28.5 Å². The zero-order valence-corrected chi connectivity index (χ0v) is 16.1. The smallest absolute Gasteiger partial charge is 0.328 e. The van der Waals surface area contributed by atoms with Gasteiger partial charge in [-0.05, 0) is 42.2 Å². The van der Waals surface area contributed by atoms with Crippen molar-refractivity contribution in [3.8, 4) is 0 Å². The Kier molecular flexibility index (Phi) is 4.63. The predicted molar refractivity (Wildman–Crippen MR) is 113 cm³/mol. The summed E-state index contributed by atoms with van der Waals surface area (Å²) in [4.78, 5) is 16.6. The topological polar surface area (TPSA) is 61.7 Å². The van der Waals surface area contributed by atoms with E-state index in [9.17, 15) is 9.90 Å². The number of carbonyl (C=O) groups is 1. The van der Waals surface area contributed by atoms with Crippen LogP contribution in [-0.2, 0) is 17.6 Å². The molecular formula is C24H24N2O2. The number of rotatable bonds is 4. The zero-order valence-electron chi connectivity index (χ0n) is 16.1. The number of hydrogen-bond donors (Lipinski definition) is 2. The molecule has 0 aliphatic carbocycles. The third-order valence-electron chi connectivity index (χ3n) is 5.21. The molecule has 0 saturated carbocycles. The lowest BCUT2D eigenvalue weighted by Gasteiger charge is -2.35. The van der Waals surface area contributed by atoms with Gasteiger partial charge < -0.3 is 10.4 Å². The second kappa shape index (κ2) is 7.12. The molecule has 142 valence electrons. The Balaban J connectivity index is 1.80. The van der Waals surface area contributed by atoms with Crippen LogP contribution in [0.4, 0.5) is 0 Å². The number of carboxylic acid groups (broad SMARTS) is 1. The minimum Gasteiger partial charge on any atom is -0.480 e. The van der Waals surface area contributed by atoms with Crippen LogP contribution in [0.1, 0.15) is 30.5 Å². The highest BCUT2D eigenvalue weighted by molar-refractivity contribution is 6.06. The summed E-state index contributed by atoms with van der Waals surface area (Å²) in [6, 6.07) is 21.3. The summed E-state index contributed by atoms with van der Waals surface area (Å²) >= 11 is 0. The van der Waals surface area contributed by atoms with Gasteiger partial charge in [0.2, 0.25) is 0 Å². The van der Waals surface area contributed by atoms with Crippen LogP contribution in [0.3, 0.4) is 0 Å². The lowest BCUT2D eigenvalue weighted by atomic mass is 9.84. The van der Waals surface area contributed by atoms with Gasteiger partial charge in [0, 0.05) is 17.5 Å². The number of nitrogens with one attached hydrogen (secondary N) is 1.